The fourth-order valence-corrected chi connectivity index (χ4v) is 2.26. The van der Waals surface area contributed by atoms with Crippen LogP contribution in [0.15, 0.2) is 27.6 Å². The van der Waals surface area contributed by atoms with Crippen molar-refractivity contribution in [2.75, 3.05) is 6.54 Å². The second kappa shape index (κ2) is 5.95. The summed E-state index contributed by atoms with van der Waals surface area (Å²) in [5, 5.41) is 8.61. The van der Waals surface area contributed by atoms with Gasteiger partial charge in [-0.15, -0.1) is 0 Å². The van der Waals surface area contributed by atoms with Gasteiger partial charge < -0.3 is 0 Å². The van der Waals surface area contributed by atoms with Crippen molar-refractivity contribution in [3.8, 4) is 0 Å². The highest BCUT2D eigenvalue weighted by Gasteiger charge is 2.25. The third-order valence-electron chi connectivity index (χ3n) is 3.45. The second-order valence-corrected chi connectivity index (χ2v) is 4.85. The van der Waals surface area contributed by atoms with Crippen molar-refractivity contribution in [3.05, 3.63) is 39.3 Å². The number of carbonyl (C=O) groups excluding carboxylic acids is 1. The molecule has 0 fully saturated rings. The van der Waals surface area contributed by atoms with Crippen LogP contribution in [0.5, 0.6) is 0 Å². The number of likely N-dealkylation sites (N-methyl/N-ethyl adjacent to an activating group) is 1. The van der Waals surface area contributed by atoms with Crippen molar-refractivity contribution in [1.82, 2.24) is 14.8 Å². The SMILES string of the molecule is CCN1N=C(C)C(=CC=Cc2c(C)[nH]n(CC)c2=O)C1=O. The molecule has 0 aliphatic carbocycles. The fourth-order valence-electron chi connectivity index (χ4n) is 2.26. The Balaban J connectivity index is 2.26. The van der Waals surface area contributed by atoms with Crippen LogP contribution in [0.3, 0.4) is 0 Å². The highest BCUT2D eigenvalue weighted by molar-refractivity contribution is 6.24. The van der Waals surface area contributed by atoms with Crippen LogP contribution in [0.4, 0.5) is 0 Å². The number of hydrogen-bond acceptors (Lipinski definition) is 3. The summed E-state index contributed by atoms with van der Waals surface area (Å²) in [6, 6.07) is 0. The largest absolute Gasteiger partial charge is 0.299 e. The molecule has 1 aromatic heterocycles. The minimum Gasteiger partial charge on any atom is -0.299 e. The van der Waals surface area contributed by atoms with Gasteiger partial charge in [0.05, 0.1) is 16.8 Å². The zero-order valence-electron chi connectivity index (χ0n) is 12.8. The molecule has 1 aromatic rings. The van der Waals surface area contributed by atoms with Gasteiger partial charge in [-0.1, -0.05) is 6.08 Å². The summed E-state index contributed by atoms with van der Waals surface area (Å²) in [5.74, 6) is -0.101. The summed E-state index contributed by atoms with van der Waals surface area (Å²) in [4.78, 5) is 24.0. The number of nitrogens with zero attached hydrogens (tertiary/aromatic N) is 3. The fraction of sp³-hybridized carbons (Fsp3) is 0.400. The summed E-state index contributed by atoms with van der Waals surface area (Å²) in [7, 11) is 0. The molecule has 2 rings (SSSR count). The lowest BCUT2D eigenvalue weighted by Gasteiger charge is -2.06. The van der Waals surface area contributed by atoms with Crippen molar-refractivity contribution in [3.63, 3.8) is 0 Å². The summed E-state index contributed by atoms with van der Waals surface area (Å²) >= 11 is 0. The molecule has 6 heteroatoms. The van der Waals surface area contributed by atoms with E-state index in [9.17, 15) is 9.59 Å². The van der Waals surface area contributed by atoms with E-state index in [0.29, 0.717) is 29.9 Å². The van der Waals surface area contributed by atoms with Gasteiger partial charge in [0.25, 0.3) is 11.5 Å². The van der Waals surface area contributed by atoms with Gasteiger partial charge in [0.15, 0.2) is 0 Å². The number of H-pyrrole nitrogens is 1. The average Bonchev–Trinajstić information content (AvgIpc) is 2.89. The van der Waals surface area contributed by atoms with E-state index in [0.717, 1.165) is 5.69 Å². The molecular weight excluding hydrogens is 268 g/mol. The van der Waals surface area contributed by atoms with E-state index in [2.05, 4.69) is 10.2 Å². The van der Waals surface area contributed by atoms with Crippen molar-refractivity contribution in [2.24, 2.45) is 5.10 Å². The summed E-state index contributed by atoms with van der Waals surface area (Å²) < 4.78 is 1.55. The molecule has 0 aromatic carbocycles. The third-order valence-corrected chi connectivity index (χ3v) is 3.45. The first-order chi connectivity index (χ1) is 9.99. The molecule has 0 saturated carbocycles. The van der Waals surface area contributed by atoms with Crippen molar-refractivity contribution in [1.29, 1.82) is 0 Å². The van der Waals surface area contributed by atoms with Gasteiger partial charge >= 0.3 is 0 Å². The monoisotopic (exact) mass is 288 g/mol. The molecule has 0 radical (unpaired) electrons. The van der Waals surface area contributed by atoms with E-state index in [1.54, 1.807) is 29.8 Å². The van der Waals surface area contributed by atoms with E-state index in [4.69, 9.17) is 0 Å². The molecule has 0 saturated heterocycles. The molecule has 1 amide bonds. The maximum absolute atomic E-state index is 12.0. The van der Waals surface area contributed by atoms with E-state index in [-0.39, 0.29) is 11.5 Å². The quantitative estimate of drug-likeness (QED) is 0.856. The highest BCUT2D eigenvalue weighted by Crippen LogP contribution is 2.14. The molecule has 6 nitrogen and oxygen atoms in total. The molecule has 0 bridgehead atoms. The Bertz CT molecular complexity index is 704. The Morgan fingerprint density at radius 3 is 2.43 bits per heavy atom. The van der Waals surface area contributed by atoms with Crippen LogP contribution in [-0.4, -0.2) is 33.0 Å². The number of amides is 1. The van der Waals surface area contributed by atoms with Crippen LogP contribution >= 0.6 is 0 Å². The molecule has 0 spiro atoms. The lowest BCUT2D eigenvalue weighted by molar-refractivity contribution is -0.125. The molecule has 1 N–H and O–H groups in total. The van der Waals surface area contributed by atoms with E-state index in [1.165, 1.54) is 5.01 Å². The van der Waals surface area contributed by atoms with Gasteiger partial charge in [-0.3, -0.25) is 19.4 Å². The summed E-state index contributed by atoms with van der Waals surface area (Å²) in [6.07, 6.45) is 5.16. The number of aromatic amines is 1. The van der Waals surface area contributed by atoms with Crippen LogP contribution < -0.4 is 5.56 Å². The van der Waals surface area contributed by atoms with Gasteiger partial charge in [0, 0.05) is 18.8 Å². The second-order valence-electron chi connectivity index (χ2n) is 4.85. The topological polar surface area (TPSA) is 70.5 Å². The number of allylic oxidation sites excluding steroid dienone is 2. The lowest BCUT2D eigenvalue weighted by Crippen LogP contribution is -2.21. The van der Waals surface area contributed by atoms with Crippen molar-refractivity contribution < 1.29 is 4.79 Å². The van der Waals surface area contributed by atoms with Crippen LogP contribution in [0.2, 0.25) is 0 Å². The standard InChI is InChI=1S/C15H20N4O2/c1-5-18-14(20)12(10(3)16-18)8-7-9-13-11(4)17-19(6-2)15(13)21/h7-9,16H,5-6H2,1-4H3. The van der Waals surface area contributed by atoms with Crippen molar-refractivity contribution >= 4 is 17.7 Å². The van der Waals surface area contributed by atoms with Crippen LogP contribution in [0.25, 0.3) is 6.08 Å². The first-order valence-electron chi connectivity index (χ1n) is 7.04. The van der Waals surface area contributed by atoms with E-state index in [1.807, 2.05) is 20.8 Å². The number of rotatable bonds is 4. The first kappa shape index (κ1) is 15.0. The molecule has 0 unspecified atom stereocenters. The molecule has 1 aliphatic rings. The van der Waals surface area contributed by atoms with Gasteiger partial charge in [0.2, 0.25) is 0 Å². The normalized spacial score (nSPS) is 17.3. The Labute approximate surface area is 123 Å². The number of aryl methyl sites for hydroxylation is 2. The first-order valence-corrected chi connectivity index (χ1v) is 7.04. The smallest absolute Gasteiger partial charge is 0.275 e. The number of carbonyl (C=O) groups is 1. The number of hydrogen-bond donors (Lipinski definition) is 1. The number of hydrazone groups is 1. The zero-order valence-corrected chi connectivity index (χ0v) is 12.8. The molecule has 2 heterocycles. The lowest BCUT2D eigenvalue weighted by atomic mass is 10.1. The third kappa shape index (κ3) is 2.74. The molecule has 1 aliphatic heterocycles. The number of aromatic nitrogens is 2. The highest BCUT2D eigenvalue weighted by atomic mass is 16.2. The minimum absolute atomic E-state index is 0.0528. The maximum Gasteiger partial charge on any atom is 0.275 e. The summed E-state index contributed by atoms with van der Waals surface area (Å²) in [6.45, 7) is 8.60. The molecule has 0 atom stereocenters. The Morgan fingerprint density at radius 2 is 1.90 bits per heavy atom. The summed E-state index contributed by atoms with van der Waals surface area (Å²) in [5.41, 5.74) is 2.64. The van der Waals surface area contributed by atoms with Gasteiger partial charge in [-0.2, -0.15) is 5.10 Å². The minimum atomic E-state index is -0.101. The van der Waals surface area contributed by atoms with Crippen molar-refractivity contribution in [2.45, 2.75) is 34.2 Å². The average molecular weight is 288 g/mol. The molecule has 21 heavy (non-hydrogen) atoms. The molecular formula is C15H20N4O2. The van der Waals surface area contributed by atoms with E-state index >= 15 is 0 Å². The maximum atomic E-state index is 12.0. The zero-order chi connectivity index (χ0) is 15.6. The Morgan fingerprint density at radius 1 is 1.19 bits per heavy atom. The Kier molecular flexibility index (Phi) is 4.26. The van der Waals surface area contributed by atoms with Crippen LogP contribution in [0.1, 0.15) is 32.0 Å². The molecule has 112 valence electrons. The van der Waals surface area contributed by atoms with Gasteiger partial charge in [-0.25, -0.2) is 5.01 Å². The van der Waals surface area contributed by atoms with E-state index < -0.39 is 0 Å². The number of nitrogens with one attached hydrogen (secondary N) is 1. The van der Waals surface area contributed by atoms with Gasteiger partial charge in [0.1, 0.15) is 0 Å². The Hall–Kier alpha value is -2.37. The van der Waals surface area contributed by atoms with Gasteiger partial charge in [-0.05, 0) is 39.8 Å². The predicted molar refractivity (Wildman–Crippen MR) is 83.1 cm³/mol. The van der Waals surface area contributed by atoms with Crippen LogP contribution in [0, 0.1) is 6.92 Å². The predicted octanol–water partition coefficient (Wildman–Crippen LogP) is 1.68. The van der Waals surface area contributed by atoms with Crippen LogP contribution in [-0.2, 0) is 11.3 Å².